The molecule has 0 atom stereocenters. The zero-order chi connectivity index (χ0) is 31.0. The van der Waals surface area contributed by atoms with Crippen molar-refractivity contribution in [2.24, 2.45) is 29.6 Å². The lowest BCUT2D eigenvalue weighted by molar-refractivity contribution is -0.168. The second-order valence-electron chi connectivity index (χ2n) is 13.9. The summed E-state index contributed by atoms with van der Waals surface area (Å²) in [7, 11) is 0. The van der Waals surface area contributed by atoms with Crippen LogP contribution in [0, 0.1) is 42.9 Å². The van der Waals surface area contributed by atoms with E-state index < -0.39 is 0 Å². The molecule has 3 aliphatic carbocycles. The second-order valence-corrected chi connectivity index (χ2v) is 13.9. The quantitative estimate of drug-likeness (QED) is 0.0316. The van der Waals surface area contributed by atoms with E-state index in [0.717, 1.165) is 74.7 Å². The van der Waals surface area contributed by atoms with Crippen LogP contribution in [0.3, 0.4) is 0 Å². The standard InChI is InChI=1S/C39H60O5/c1-4-6-8-12-39(40)42-37-25-27-38(28-26-37)44-43-30(3)11-9-7-10-29-41-36-23-21-35(22-24-36)34-19-17-33(18-20-34)32-15-13-31(5-2)14-16-32/h4,25-28,31-36H,1,3,5-24,29H2,2H3. The van der Waals surface area contributed by atoms with Crippen LogP contribution in [-0.2, 0) is 14.4 Å². The van der Waals surface area contributed by atoms with Crippen LogP contribution in [0.1, 0.15) is 135 Å². The van der Waals surface area contributed by atoms with Gasteiger partial charge in [0.2, 0.25) is 0 Å². The highest BCUT2D eigenvalue weighted by molar-refractivity contribution is 5.72. The molecule has 44 heavy (non-hydrogen) atoms. The van der Waals surface area contributed by atoms with Gasteiger partial charge in [-0.2, -0.15) is 0 Å². The largest absolute Gasteiger partial charge is 0.427 e. The lowest BCUT2D eigenvalue weighted by Gasteiger charge is -2.41. The smallest absolute Gasteiger partial charge is 0.311 e. The Morgan fingerprint density at radius 1 is 0.773 bits per heavy atom. The maximum Gasteiger partial charge on any atom is 0.311 e. The van der Waals surface area contributed by atoms with Crippen LogP contribution >= 0.6 is 0 Å². The Morgan fingerprint density at radius 2 is 1.34 bits per heavy atom. The minimum absolute atomic E-state index is 0.245. The van der Waals surface area contributed by atoms with E-state index in [2.05, 4.69) is 20.4 Å². The first-order valence-corrected chi connectivity index (χ1v) is 18.1. The van der Waals surface area contributed by atoms with Gasteiger partial charge in [0.05, 0.1) is 6.10 Å². The third kappa shape index (κ3) is 12.0. The third-order valence-corrected chi connectivity index (χ3v) is 10.9. The molecular formula is C39H60O5. The molecule has 0 aromatic heterocycles. The van der Waals surface area contributed by atoms with Gasteiger partial charge < -0.3 is 9.47 Å². The number of hydrogen-bond acceptors (Lipinski definition) is 5. The Labute approximate surface area is 268 Å². The van der Waals surface area contributed by atoms with Crippen LogP contribution < -0.4 is 9.62 Å². The molecule has 0 N–H and O–H groups in total. The van der Waals surface area contributed by atoms with Crippen molar-refractivity contribution in [3.05, 3.63) is 49.9 Å². The van der Waals surface area contributed by atoms with Gasteiger partial charge in [-0.15, -0.1) is 12.8 Å². The Hall–Kier alpha value is -2.14. The molecule has 0 saturated heterocycles. The molecule has 3 aliphatic rings. The van der Waals surface area contributed by atoms with Crippen LogP contribution in [0.5, 0.6) is 11.5 Å². The fourth-order valence-electron chi connectivity index (χ4n) is 8.02. The number of carbonyl (C=O) groups excluding carboxylic acids is 1. The average molecular weight is 609 g/mol. The van der Waals surface area contributed by atoms with Gasteiger partial charge in [-0.25, -0.2) is 0 Å². The number of rotatable bonds is 18. The number of benzene rings is 1. The summed E-state index contributed by atoms with van der Waals surface area (Å²) < 4.78 is 11.6. The topological polar surface area (TPSA) is 54.0 Å². The summed E-state index contributed by atoms with van der Waals surface area (Å²) in [4.78, 5) is 22.6. The first kappa shape index (κ1) is 34.7. The molecule has 4 rings (SSSR count). The molecule has 5 nitrogen and oxygen atoms in total. The van der Waals surface area contributed by atoms with Crippen LogP contribution in [0.2, 0.25) is 0 Å². The molecular weight excluding hydrogens is 548 g/mol. The van der Waals surface area contributed by atoms with Crippen molar-refractivity contribution in [1.82, 2.24) is 0 Å². The molecule has 1 aromatic carbocycles. The predicted molar refractivity (Wildman–Crippen MR) is 178 cm³/mol. The van der Waals surface area contributed by atoms with Crippen LogP contribution in [0.4, 0.5) is 0 Å². The van der Waals surface area contributed by atoms with Crippen molar-refractivity contribution in [3.63, 3.8) is 0 Å². The SMILES string of the molecule is C=C(CCCCCOC1CCC(C2CCC(C3CCC(CC)CC3)CC2)CC1)OOc1ccc(OC(=O)CCC[CH-][CH2+])cc1. The summed E-state index contributed by atoms with van der Waals surface area (Å²) in [5.74, 6) is 6.44. The third-order valence-electron chi connectivity index (χ3n) is 10.9. The van der Waals surface area contributed by atoms with E-state index in [1.54, 1.807) is 30.7 Å². The number of carbonyl (C=O) groups is 1. The van der Waals surface area contributed by atoms with E-state index >= 15 is 0 Å². The van der Waals surface area contributed by atoms with E-state index in [-0.39, 0.29) is 5.97 Å². The zero-order valence-electron chi connectivity index (χ0n) is 27.7. The minimum atomic E-state index is -0.245. The van der Waals surface area contributed by atoms with Crippen molar-refractivity contribution in [2.75, 3.05) is 6.61 Å². The van der Waals surface area contributed by atoms with E-state index in [0.29, 0.717) is 29.8 Å². The lowest BCUT2D eigenvalue weighted by atomic mass is 9.65. The molecule has 0 spiro atoms. The molecule has 3 saturated carbocycles. The van der Waals surface area contributed by atoms with Crippen molar-refractivity contribution in [3.8, 4) is 11.5 Å². The normalized spacial score (nSPS) is 27.4. The first-order chi connectivity index (χ1) is 21.5. The second kappa shape index (κ2) is 19.4. The number of esters is 1. The minimum Gasteiger partial charge on any atom is -0.427 e. The fraction of sp³-hybridized carbons (Fsp3) is 0.718. The van der Waals surface area contributed by atoms with Gasteiger partial charge in [-0.05, 0) is 131 Å². The molecule has 0 bridgehead atoms. The van der Waals surface area contributed by atoms with Gasteiger partial charge in [0.15, 0.2) is 5.75 Å². The van der Waals surface area contributed by atoms with E-state index in [1.165, 1.54) is 83.5 Å². The molecule has 3 fully saturated rings. The molecule has 5 heteroatoms. The van der Waals surface area contributed by atoms with Crippen LogP contribution in [-0.4, -0.2) is 18.7 Å². The van der Waals surface area contributed by atoms with E-state index in [4.69, 9.17) is 19.2 Å². The summed E-state index contributed by atoms with van der Waals surface area (Å²) in [6.45, 7) is 10.9. The highest BCUT2D eigenvalue weighted by Crippen LogP contribution is 2.45. The molecule has 0 heterocycles. The number of allylic oxidation sites excluding steroid dienone is 1. The van der Waals surface area contributed by atoms with Gasteiger partial charge in [0.25, 0.3) is 0 Å². The van der Waals surface area contributed by atoms with E-state index in [9.17, 15) is 4.79 Å². The molecule has 246 valence electrons. The highest BCUT2D eigenvalue weighted by atomic mass is 17.2. The van der Waals surface area contributed by atoms with Crippen LogP contribution in [0.15, 0.2) is 36.6 Å². The average Bonchev–Trinajstić information content (AvgIpc) is 3.06. The number of ether oxygens (including phenoxy) is 2. The fourth-order valence-corrected chi connectivity index (χ4v) is 8.02. The maximum atomic E-state index is 11.8. The molecule has 0 unspecified atom stereocenters. The highest BCUT2D eigenvalue weighted by Gasteiger charge is 2.34. The predicted octanol–water partition coefficient (Wildman–Crippen LogP) is 10.8. The Bertz CT molecular complexity index is 934. The number of hydrogen-bond donors (Lipinski definition) is 0. The van der Waals surface area contributed by atoms with Gasteiger partial charge in [-0.1, -0.05) is 52.5 Å². The van der Waals surface area contributed by atoms with Crippen molar-refractivity contribution in [2.45, 2.75) is 141 Å². The maximum absolute atomic E-state index is 11.8. The Morgan fingerprint density at radius 3 is 1.93 bits per heavy atom. The monoisotopic (exact) mass is 608 g/mol. The molecule has 0 aliphatic heterocycles. The Kier molecular flexibility index (Phi) is 15.3. The van der Waals surface area contributed by atoms with E-state index in [1.807, 2.05) is 0 Å². The van der Waals surface area contributed by atoms with Crippen molar-refractivity contribution < 1.29 is 24.0 Å². The molecule has 0 radical (unpaired) electrons. The zero-order valence-corrected chi connectivity index (χ0v) is 27.7. The molecule has 0 amide bonds. The summed E-state index contributed by atoms with van der Waals surface area (Å²) in [6.07, 6.45) is 26.8. The number of unbranched alkanes of at least 4 members (excludes halogenated alkanes) is 4. The summed E-state index contributed by atoms with van der Waals surface area (Å²) in [6, 6.07) is 6.83. The van der Waals surface area contributed by atoms with Gasteiger partial charge in [-0.3, -0.25) is 14.6 Å². The summed E-state index contributed by atoms with van der Waals surface area (Å²) in [5.41, 5.74) is 0. The molecule has 1 aromatic rings. The van der Waals surface area contributed by atoms with Gasteiger partial charge >= 0.3 is 5.97 Å². The van der Waals surface area contributed by atoms with Gasteiger partial charge in [0, 0.05) is 19.4 Å². The van der Waals surface area contributed by atoms with Crippen molar-refractivity contribution >= 4 is 5.97 Å². The van der Waals surface area contributed by atoms with Crippen molar-refractivity contribution in [1.29, 1.82) is 0 Å². The summed E-state index contributed by atoms with van der Waals surface area (Å²) in [5, 5.41) is 0. The Balaban J connectivity index is 0.976. The first-order valence-electron chi connectivity index (χ1n) is 18.1. The van der Waals surface area contributed by atoms with Gasteiger partial charge in [0.1, 0.15) is 11.5 Å². The lowest BCUT2D eigenvalue weighted by Crippen LogP contribution is -2.31. The van der Waals surface area contributed by atoms with Crippen LogP contribution in [0.25, 0.3) is 0 Å². The summed E-state index contributed by atoms with van der Waals surface area (Å²) >= 11 is 0.